The number of fused-ring (bicyclic) bond motifs is 5. The molecule has 4 aromatic heterocycles. The number of pyridine rings is 2. The molecule has 5 rings (SSSR count). The van der Waals surface area contributed by atoms with Gasteiger partial charge in [0.05, 0.1) is 5.52 Å². The van der Waals surface area contributed by atoms with Gasteiger partial charge in [-0.25, -0.2) is 14.5 Å². The molecule has 0 aliphatic carbocycles. The molecule has 0 fully saturated rings. The molecular formula is C21H18N6. The Morgan fingerprint density at radius 3 is 2.74 bits per heavy atom. The number of anilines is 2. The summed E-state index contributed by atoms with van der Waals surface area (Å²) in [6.07, 6.45) is 7.07. The Labute approximate surface area is 155 Å². The Bertz CT molecular complexity index is 1290. The van der Waals surface area contributed by atoms with E-state index in [1.807, 2.05) is 18.3 Å². The first-order chi connectivity index (χ1) is 13.2. The van der Waals surface area contributed by atoms with Gasteiger partial charge in [0.1, 0.15) is 23.2 Å². The Balaban J connectivity index is 1.75. The fraction of sp³-hybridized carbons (Fsp3) is 0.143. The zero-order valence-electron chi connectivity index (χ0n) is 15.1. The maximum atomic E-state index is 4.90. The smallest absolute Gasteiger partial charge is 0.140 e. The van der Waals surface area contributed by atoms with E-state index in [4.69, 9.17) is 4.98 Å². The average molecular weight is 354 g/mol. The standard InChI is InChI=1S/C21H18N6/c1-13(2)14-4-3-5-15(10-14)24-21-17-11-22-8-6-16(17)19-20(25-21)18-7-9-23-12-27(18)26-19/h3-13H,1-2H3,(H,24,25). The number of hydrogen-bond acceptors (Lipinski definition) is 5. The van der Waals surface area contributed by atoms with E-state index in [1.165, 1.54) is 5.56 Å². The third-order valence-corrected chi connectivity index (χ3v) is 4.79. The molecule has 4 heterocycles. The van der Waals surface area contributed by atoms with Crippen LogP contribution in [0.15, 0.2) is 61.3 Å². The van der Waals surface area contributed by atoms with E-state index in [9.17, 15) is 0 Å². The minimum absolute atomic E-state index is 0.465. The molecule has 0 aliphatic rings. The van der Waals surface area contributed by atoms with Gasteiger partial charge in [-0.05, 0) is 35.7 Å². The quantitative estimate of drug-likeness (QED) is 0.509. The maximum Gasteiger partial charge on any atom is 0.140 e. The van der Waals surface area contributed by atoms with Crippen molar-refractivity contribution in [1.82, 2.24) is 24.6 Å². The Hall–Kier alpha value is -3.54. The molecule has 5 aromatic rings. The molecule has 1 N–H and O–H groups in total. The number of rotatable bonds is 3. The average Bonchev–Trinajstić information content (AvgIpc) is 3.07. The first-order valence-corrected chi connectivity index (χ1v) is 8.93. The summed E-state index contributed by atoms with van der Waals surface area (Å²) in [5, 5.41) is 10.1. The molecule has 6 nitrogen and oxygen atoms in total. The molecule has 0 spiro atoms. The first kappa shape index (κ1) is 15.7. The van der Waals surface area contributed by atoms with Gasteiger partial charge in [0.15, 0.2) is 0 Å². The van der Waals surface area contributed by atoms with Crippen molar-refractivity contribution in [1.29, 1.82) is 0 Å². The second-order valence-electron chi connectivity index (χ2n) is 6.89. The SMILES string of the molecule is CC(C)c1cccc(Nc2nc3c(nn4cnccc34)c3ccncc23)c1. The Morgan fingerprint density at radius 2 is 1.85 bits per heavy atom. The van der Waals surface area contributed by atoms with E-state index >= 15 is 0 Å². The number of benzene rings is 1. The summed E-state index contributed by atoms with van der Waals surface area (Å²) in [6.45, 7) is 4.38. The highest BCUT2D eigenvalue weighted by Crippen LogP contribution is 2.32. The monoisotopic (exact) mass is 354 g/mol. The van der Waals surface area contributed by atoms with Crippen LogP contribution in [-0.2, 0) is 0 Å². The molecule has 132 valence electrons. The van der Waals surface area contributed by atoms with Gasteiger partial charge in [0.2, 0.25) is 0 Å². The molecule has 1 aromatic carbocycles. The number of nitrogens with zero attached hydrogens (tertiary/aromatic N) is 5. The maximum absolute atomic E-state index is 4.90. The summed E-state index contributed by atoms with van der Waals surface area (Å²) in [6, 6.07) is 12.3. The molecule has 0 bridgehead atoms. The van der Waals surface area contributed by atoms with Gasteiger partial charge in [0, 0.05) is 35.1 Å². The van der Waals surface area contributed by atoms with Gasteiger partial charge < -0.3 is 5.32 Å². The van der Waals surface area contributed by atoms with Crippen molar-refractivity contribution in [2.45, 2.75) is 19.8 Å². The van der Waals surface area contributed by atoms with E-state index in [-0.39, 0.29) is 0 Å². The second kappa shape index (κ2) is 6.02. The normalized spacial score (nSPS) is 11.7. The molecule has 0 saturated heterocycles. The Kier molecular flexibility index (Phi) is 3.50. The van der Waals surface area contributed by atoms with Crippen molar-refractivity contribution in [2.75, 3.05) is 5.32 Å². The van der Waals surface area contributed by atoms with Crippen LogP contribution < -0.4 is 5.32 Å². The number of aromatic nitrogens is 5. The van der Waals surface area contributed by atoms with Crippen LogP contribution in [0, 0.1) is 0 Å². The van der Waals surface area contributed by atoms with Gasteiger partial charge in [-0.1, -0.05) is 26.0 Å². The summed E-state index contributed by atoms with van der Waals surface area (Å²) >= 11 is 0. The third kappa shape index (κ3) is 2.57. The topological polar surface area (TPSA) is 68.0 Å². The minimum Gasteiger partial charge on any atom is -0.340 e. The van der Waals surface area contributed by atoms with Crippen LogP contribution in [0.4, 0.5) is 11.5 Å². The summed E-state index contributed by atoms with van der Waals surface area (Å²) in [4.78, 5) is 13.3. The molecular weight excluding hydrogens is 336 g/mol. The van der Waals surface area contributed by atoms with Crippen molar-refractivity contribution in [3.63, 3.8) is 0 Å². The van der Waals surface area contributed by atoms with Crippen molar-refractivity contribution in [2.24, 2.45) is 0 Å². The van der Waals surface area contributed by atoms with Gasteiger partial charge >= 0.3 is 0 Å². The van der Waals surface area contributed by atoms with Crippen LogP contribution >= 0.6 is 0 Å². The van der Waals surface area contributed by atoms with Crippen LogP contribution in [0.3, 0.4) is 0 Å². The van der Waals surface area contributed by atoms with Crippen molar-refractivity contribution >= 4 is 38.8 Å². The van der Waals surface area contributed by atoms with Crippen molar-refractivity contribution in [3.8, 4) is 0 Å². The lowest BCUT2D eigenvalue weighted by Crippen LogP contribution is -1.97. The van der Waals surface area contributed by atoms with Gasteiger partial charge in [-0.2, -0.15) is 5.10 Å². The third-order valence-electron chi connectivity index (χ3n) is 4.79. The predicted molar refractivity (Wildman–Crippen MR) is 107 cm³/mol. The lowest BCUT2D eigenvalue weighted by Gasteiger charge is -2.12. The minimum atomic E-state index is 0.465. The fourth-order valence-corrected chi connectivity index (χ4v) is 3.36. The zero-order chi connectivity index (χ0) is 18.4. The molecule has 27 heavy (non-hydrogen) atoms. The van der Waals surface area contributed by atoms with E-state index in [0.29, 0.717) is 5.92 Å². The molecule has 0 amide bonds. The molecule has 0 saturated carbocycles. The van der Waals surface area contributed by atoms with Gasteiger partial charge in [-0.3, -0.25) is 4.98 Å². The summed E-state index contributed by atoms with van der Waals surface area (Å²) < 4.78 is 1.76. The lowest BCUT2D eigenvalue weighted by atomic mass is 10.0. The summed E-state index contributed by atoms with van der Waals surface area (Å²) in [5.74, 6) is 1.24. The van der Waals surface area contributed by atoms with Crippen molar-refractivity contribution in [3.05, 3.63) is 66.9 Å². The van der Waals surface area contributed by atoms with Crippen LogP contribution in [0.2, 0.25) is 0 Å². The highest BCUT2D eigenvalue weighted by molar-refractivity contribution is 6.12. The highest BCUT2D eigenvalue weighted by Gasteiger charge is 2.14. The molecule has 0 radical (unpaired) electrons. The van der Waals surface area contributed by atoms with E-state index in [0.717, 1.165) is 38.8 Å². The van der Waals surface area contributed by atoms with E-state index in [2.05, 4.69) is 58.5 Å². The molecule has 0 aliphatic heterocycles. The van der Waals surface area contributed by atoms with Crippen LogP contribution in [0.1, 0.15) is 25.3 Å². The zero-order valence-corrected chi connectivity index (χ0v) is 15.1. The first-order valence-electron chi connectivity index (χ1n) is 8.93. The van der Waals surface area contributed by atoms with Crippen LogP contribution in [0.25, 0.3) is 27.3 Å². The second-order valence-corrected chi connectivity index (χ2v) is 6.89. The van der Waals surface area contributed by atoms with Crippen molar-refractivity contribution < 1.29 is 0 Å². The molecule has 0 unspecified atom stereocenters. The fourth-order valence-electron chi connectivity index (χ4n) is 3.36. The molecule has 0 atom stereocenters. The van der Waals surface area contributed by atoms with Gasteiger partial charge in [0.25, 0.3) is 0 Å². The van der Waals surface area contributed by atoms with Gasteiger partial charge in [-0.15, -0.1) is 0 Å². The van der Waals surface area contributed by atoms with Crippen LogP contribution in [-0.4, -0.2) is 24.6 Å². The number of nitrogens with one attached hydrogen (secondary N) is 1. The summed E-state index contributed by atoms with van der Waals surface area (Å²) in [7, 11) is 0. The number of hydrogen-bond donors (Lipinski definition) is 1. The Morgan fingerprint density at radius 1 is 0.963 bits per heavy atom. The lowest BCUT2D eigenvalue weighted by molar-refractivity contribution is 0.867. The van der Waals surface area contributed by atoms with E-state index in [1.54, 1.807) is 23.2 Å². The van der Waals surface area contributed by atoms with E-state index < -0.39 is 0 Å². The molecule has 6 heteroatoms. The predicted octanol–water partition coefficient (Wildman–Crippen LogP) is 4.69. The van der Waals surface area contributed by atoms with Crippen LogP contribution in [0.5, 0.6) is 0 Å². The highest BCUT2D eigenvalue weighted by atomic mass is 15.2. The largest absolute Gasteiger partial charge is 0.340 e. The summed E-state index contributed by atoms with van der Waals surface area (Å²) in [5.41, 5.74) is 4.92.